The maximum Gasteiger partial charge on any atom is 0.216 e. The van der Waals surface area contributed by atoms with E-state index >= 15 is 0 Å². The summed E-state index contributed by atoms with van der Waals surface area (Å²) in [5.41, 5.74) is -1.04. The van der Waals surface area contributed by atoms with Crippen LogP contribution < -0.4 is 5.32 Å². The fourth-order valence-electron chi connectivity index (χ4n) is 1.38. The molecule has 0 saturated carbocycles. The summed E-state index contributed by atoms with van der Waals surface area (Å²) >= 11 is 0. The second-order valence-electron chi connectivity index (χ2n) is 3.79. The van der Waals surface area contributed by atoms with Crippen molar-refractivity contribution in [1.82, 2.24) is 5.32 Å². The van der Waals surface area contributed by atoms with Crippen molar-refractivity contribution in [2.75, 3.05) is 18.1 Å². The lowest BCUT2D eigenvalue weighted by Crippen LogP contribution is -2.47. The molecule has 6 heteroatoms. The topological polar surface area (TPSA) is 83.5 Å². The molecule has 0 aromatic heterocycles. The SMILES string of the molecule is CC(=O)NCC1(O)CCS(=O)(=O)CC1. The Morgan fingerprint density at radius 2 is 1.93 bits per heavy atom. The highest BCUT2D eigenvalue weighted by Gasteiger charge is 2.35. The standard InChI is InChI=1S/C8H15NO4S/c1-7(10)9-6-8(11)2-4-14(12,13)5-3-8/h11H,2-6H2,1H3,(H,9,10). The highest BCUT2D eigenvalue weighted by molar-refractivity contribution is 7.91. The van der Waals surface area contributed by atoms with Gasteiger partial charge >= 0.3 is 0 Å². The molecule has 1 saturated heterocycles. The van der Waals surface area contributed by atoms with E-state index in [0.717, 1.165) is 0 Å². The molecule has 1 aliphatic rings. The van der Waals surface area contributed by atoms with Crippen LogP contribution in [-0.4, -0.2) is 43.1 Å². The monoisotopic (exact) mass is 221 g/mol. The lowest BCUT2D eigenvalue weighted by molar-refractivity contribution is -0.120. The third-order valence-electron chi connectivity index (χ3n) is 2.42. The largest absolute Gasteiger partial charge is 0.388 e. The Balaban J connectivity index is 2.49. The first kappa shape index (κ1) is 11.5. The van der Waals surface area contributed by atoms with Gasteiger partial charge in [-0.1, -0.05) is 0 Å². The molecular formula is C8H15NO4S. The molecule has 0 atom stereocenters. The molecule has 2 N–H and O–H groups in total. The Hall–Kier alpha value is -0.620. The van der Waals surface area contributed by atoms with Crippen LogP contribution >= 0.6 is 0 Å². The Labute approximate surface area is 83.4 Å². The Morgan fingerprint density at radius 3 is 2.36 bits per heavy atom. The van der Waals surface area contributed by atoms with Gasteiger partial charge in [0.1, 0.15) is 0 Å². The average molecular weight is 221 g/mol. The van der Waals surface area contributed by atoms with E-state index in [0.29, 0.717) is 0 Å². The van der Waals surface area contributed by atoms with Crippen LogP contribution in [0.1, 0.15) is 19.8 Å². The van der Waals surface area contributed by atoms with Crippen molar-refractivity contribution < 1.29 is 18.3 Å². The number of aliphatic hydroxyl groups is 1. The van der Waals surface area contributed by atoms with E-state index in [1.807, 2.05) is 0 Å². The fraction of sp³-hybridized carbons (Fsp3) is 0.875. The van der Waals surface area contributed by atoms with E-state index < -0.39 is 15.4 Å². The zero-order valence-corrected chi connectivity index (χ0v) is 8.93. The summed E-state index contributed by atoms with van der Waals surface area (Å²) in [7, 11) is -2.97. The molecule has 1 aliphatic heterocycles. The second-order valence-corrected chi connectivity index (χ2v) is 6.09. The van der Waals surface area contributed by atoms with Crippen LogP contribution in [0.15, 0.2) is 0 Å². The summed E-state index contributed by atoms with van der Waals surface area (Å²) in [6.07, 6.45) is 0.408. The molecule has 0 radical (unpaired) electrons. The third kappa shape index (κ3) is 3.26. The second kappa shape index (κ2) is 3.86. The van der Waals surface area contributed by atoms with Gasteiger partial charge < -0.3 is 10.4 Å². The van der Waals surface area contributed by atoms with E-state index in [-0.39, 0.29) is 36.8 Å². The summed E-state index contributed by atoms with van der Waals surface area (Å²) in [5, 5.41) is 12.4. The highest BCUT2D eigenvalue weighted by atomic mass is 32.2. The number of hydrogen-bond acceptors (Lipinski definition) is 4. The van der Waals surface area contributed by atoms with Crippen LogP contribution in [0.5, 0.6) is 0 Å². The molecule has 1 rings (SSSR count). The van der Waals surface area contributed by atoms with Gasteiger partial charge in [-0.05, 0) is 12.8 Å². The van der Waals surface area contributed by atoms with E-state index in [1.165, 1.54) is 6.92 Å². The molecular weight excluding hydrogens is 206 g/mol. The first-order valence-corrected chi connectivity index (χ1v) is 6.32. The van der Waals surface area contributed by atoms with Crippen LogP contribution in [0.25, 0.3) is 0 Å². The van der Waals surface area contributed by atoms with Crippen molar-refractivity contribution >= 4 is 15.7 Å². The van der Waals surface area contributed by atoms with Gasteiger partial charge in [-0.25, -0.2) is 8.42 Å². The third-order valence-corrected chi connectivity index (χ3v) is 4.08. The first-order valence-electron chi connectivity index (χ1n) is 4.50. The van der Waals surface area contributed by atoms with E-state index in [4.69, 9.17) is 0 Å². The Morgan fingerprint density at radius 1 is 1.43 bits per heavy atom. The van der Waals surface area contributed by atoms with E-state index in [9.17, 15) is 18.3 Å². The van der Waals surface area contributed by atoms with Gasteiger partial charge in [-0.15, -0.1) is 0 Å². The maximum absolute atomic E-state index is 11.1. The highest BCUT2D eigenvalue weighted by Crippen LogP contribution is 2.22. The minimum absolute atomic E-state index is 0.00306. The molecule has 0 aromatic rings. The number of amides is 1. The number of sulfone groups is 1. The maximum atomic E-state index is 11.1. The van der Waals surface area contributed by atoms with Crippen molar-refractivity contribution in [3.05, 3.63) is 0 Å². The number of hydrogen-bond donors (Lipinski definition) is 2. The quantitative estimate of drug-likeness (QED) is 0.630. The minimum atomic E-state index is -2.97. The van der Waals surface area contributed by atoms with Gasteiger partial charge in [0, 0.05) is 13.5 Å². The normalized spacial score (nSPS) is 24.1. The van der Waals surface area contributed by atoms with Crippen LogP contribution in [0.2, 0.25) is 0 Å². The Bertz CT molecular complexity index is 308. The van der Waals surface area contributed by atoms with Crippen molar-refractivity contribution in [1.29, 1.82) is 0 Å². The smallest absolute Gasteiger partial charge is 0.216 e. The molecule has 1 amide bonds. The van der Waals surface area contributed by atoms with Gasteiger partial charge in [0.2, 0.25) is 5.91 Å². The molecule has 0 bridgehead atoms. The number of nitrogens with one attached hydrogen (secondary N) is 1. The molecule has 0 aliphatic carbocycles. The molecule has 0 aromatic carbocycles. The van der Waals surface area contributed by atoms with Gasteiger partial charge in [-0.3, -0.25) is 4.79 Å². The van der Waals surface area contributed by atoms with Gasteiger partial charge in [0.15, 0.2) is 9.84 Å². The lowest BCUT2D eigenvalue weighted by atomic mass is 9.97. The zero-order chi connectivity index (χ0) is 10.8. The van der Waals surface area contributed by atoms with E-state index in [2.05, 4.69) is 5.32 Å². The van der Waals surface area contributed by atoms with Crippen LogP contribution in [0.3, 0.4) is 0 Å². The molecule has 1 heterocycles. The van der Waals surface area contributed by atoms with Crippen molar-refractivity contribution in [3.8, 4) is 0 Å². The van der Waals surface area contributed by atoms with Crippen LogP contribution in [0, 0.1) is 0 Å². The van der Waals surface area contributed by atoms with Gasteiger partial charge in [0.25, 0.3) is 0 Å². The summed E-state index contributed by atoms with van der Waals surface area (Å²) in [6, 6.07) is 0. The number of carbonyl (C=O) groups is 1. The average Bonchev–Trinajstić information content (AvgIpc) is 2.08. The predicted octanol–water partition coefficient (Wildman–Crippen LogP) is -0.938. The number of carbonyl (C=O) groups excluding carboxylic acids is 1. The summed E-state index contributed by atoms with van der Waals surface area (Å²) in [4.78, 5) is 10.6. The minimum Gasteiger partial charge on any atom is -0.388 e. The zero-order valence-electron chi connectivity index (χ0n) is 8.12. The molecule has 0 unspecified atom stereocenters. The van der Waals surface area contributed by atoms with Gasteiger partial charge in [0.05, 0.1) is 17.1 Å². The van der Waals surface area contributed by atoms with E-state index in [1.54, 1.807) is 0 Å². The summed E-state index contributed by atoms with van der Waals surface area (Å²) < 4.78 is 22.2. The molecule has 0 spiro atoms. The molecule has 14 heavy (non-hydrogen) atoms. The lowest BCUT2D eigenvalue weighted by Gasteiger charge is -2.31. The fourth-order valence-corrected chi connectivity index (χ4v) is 2.97. The summed E-state index contributed by atoms with van der Waals surface area (Å²) in [5.74, 6) is -0.210. The summed E-state index contributed by atoms with van der Waals surface area (Å²) in [6.45, 7) is 1.50. The molecule has 5 nitrogen and oxygen atoms in total. The Kier molecular flexibility index (Phi) is 3.16. The number of rotatable bonds is 2. The molecule has 82 valence electrons. The van der Waals surface area contributed by atoms with Crippen molar-refractivity contribution in [2.24, 2.45) is 0 Å². The molecule has 1 fully saturated rings. The van der Waals surface area contributed by atoms with Crippen LogP contribution in [0.4, 0.5) is 0 Å². The first-order chi connectivity index (χ1) is 6.33. The van der Waals surface area contributed by atoms with Gasteiger partial charge in [-0.2, -0.15) is 0 Å². The van der Waals surface area contributed by atoms with Crippen molar-refractivity contribution in [2.45, 2.75) is 25.4 Å². The predicted molar refractivity (Wildman–Crippen MR) is 51.5 cm³/mol. The van der Waals surface area contributed by atoms with Crippen molar-refractivity contribution in [3.63, 3.8) is 0 Å². The van der Waals surface area contributed by atoms with Crippen LogP contribution in [-0.2, 0) is 14.6 Å².